The first kappa shape index (κ1) is 18.8. The van der Waals surface area contributed by atoms with Gasteiger partial charge in [-0.25, -0.2) is 8.78 Å². The van der Waals surface area contributed by atoms with E-state index >= 15 is 0 Å². The van der Waals surface area contributed by atoms with Crippen molar-refractivity contribution in [2.24, 2.45) is 0 Å². The van der Waals surface area contributed by atoms with Gasteiger partial charge in [-0.2, -0.15) is 0 Å². The van der Waals surface area contributed by atoms with Crippen molar-refractivity contribution in [3.05, 3.63) is 47.2 Å². The fourth-order valence-electron chi connectivity index (χ4n) is 1.72. The van der Waals surface area contributed by atoms with Gasteiger partial charge in [-0.05, 0) is 13.0 Å². The van der Waals surface area contributed by atoms with Gasteiger partial charge in [0.05, 0.1) is 0 Å². The third kappa shape index (κ3) is 6.15. The lowest BCUT2D eigenvalue weighted by atomic mass is 10.1. The number of hydrogen-bond donors (Lipinski definition) is 1. The molecule has 1 aromatic rings. The molecule has 1 aromatic carbocycles. The minimum Gasteiger partial charge on any atom is -0.383 e. The van der Waals surface area contributed by atoms with Crippen molar-refractivity contribution in [2.75, 3.05) is 27.3 Å². The van der Waals surface area contributed by atoms with E-state index in [1.807, 2.05) is 0 Å². The predicted octanol–water partition coefficient (Wildman–Crippen LogP) is 1.63. The Kier molecular flexibility index (Phi) is 7.34. The van der Waals surface area contributed by atoms with Gasteiger partial charge in [-0.3, -0.25) is 9.59 Å². The summed E-state index contributed by atoms with van der Waals surface area (Å²) in [6.07, 6.45) is 1.37. The SMILES string of the molecule is CCOCC(=O)C(=CN(C)C)C(=O)NCc1ccc(F)cc1F. The largest absolute Gasteiger partial charge is 0.383 e. The lowest BCUT2D eigenvalue weighted by Gasteiger charge is -2.12. The molecule has 0 aliphatic carbocycles. The van der Waals surface area contributed by atoms with Gasteiger partial charge in [0.2, 0.25) is 0 Å². The third-order valence-corrected chi connectivity index (χ3v) is 2.82. The van der Waals surface area contributed by atoms with Crippen LogP contribution >= 0.6 is 0 Å². The standard InChI is InChI=1S/C16H20F2N2O3/c1-4-23-10-15(21)13(9-20(2)3)16(22)19-8-11-5-6-12(17)7-14(11)18/h5-7,9H,4,8,10H2,1-3H3,(H,19,22). The van der Waals surface area contributed by atoms with Crippen LogP contribution in [0.25, 0.3) is 0 Å². The first-order valence-corrected chi connectivity index (χ1v) is 7.06. The number of halogens is 2. The average molecular weight is 326 g/mol. The van der Waals surface area contributed by atoms with Crippen LogP contribution in [-0.4, -0.2) is 43.9 Å². The molecule has 0 spiro atoms. The molecule has 0 fully saturated rings. The lowest BCUT2D eigenvalue weighted by Crippen LogP contribution is -2.31. The van der Waals surface area contributed by atoms with Gasteiger partial charge in [-0.1, -0.05) is 6.07 Å². The van der Waals surface area contributed by atoms with Gasteiger partial charge in [-0.15, -0.1) is 0 Å². The number of rotatable bonds is 8. The minimum absolute atomic E-state index is 0.0917. The fraction of sp³-hybridized carbons (Fsp3) is 0.375. The summed E-state index contributed by atoms with van der Waals surface area (Å²) in [4.78, 5) is 25.7. The maximum atomic E-state index is 13.5. The van der Waals surface area contributed by atoms with Crippen LogP contribution in [0.2, 0.25) is 0 Å². The Hall–Kier alpha value is -2.28. The average Bonchev–Trinajstić information content (AvgIpc) is 2.49. The second-order valence-corrected chi connectivity index (χ2v) is 4.99. The normalized spacial score (nSPS) is 11.3. The molecule has 1 rings (SSSR count). The Morgan fingerprint density at radius 2 is 2.00 bits per heavy atom. The molecule has 7 heteroatoms. The van der Waals surface area contributed by atoms with Gasteiger partial charge >= 0.3 is 0 Å². The molecule has 0 saturated heterocycles. The number of nitrogens with zero attached hydrogens (tertiary/aromatic N) is 1. The number of amides is 1. The molecule has 1 amide bonds. The van der Waals surface area contributed by atoms with Crippen molar-refractivity contribution in [3.63, 3.8) is 0 Å². The summed E-state index contributed by atoms with van der Waals surface area (Å²) in [7, 11) is 3.34. The van der Waals surface area contributed by atoms with Gasteiger partial charge < -0.3 is 15.0 Å². The zero-order valence-corrected chi connectivity index (χ0v) is 13.4. The molecule has 0 saturated carbocycles. The highest BCUT2D eigenvalue weighted by Crippen LogP contribution is 2.09. The fourth-order valence-corrected chi connectivity index (χ4v) is 1.72. The summed E-state index contributed by atoms with van der Waals surface area (Å²) in [5.74, 6) is -2.58. The van der Waals surface area contributed by atoms with Crippen LogP contribution in [0.15, 0.2) is 30.0 Å². The van der Waals surface area contributed by atoms with Crippen molar-refractivity contribution in [1.29, 1.82) is 0 Å². The van der Waals surface area contributed by atoms with Crippen LogP contribution in [0.3, 0.4) is 0 Å². The molecule has 0 heterocycles. The van der Waals surface area contributed by atoms with Crippen LogP contribution in [0.4, 0.5) is 8.78 Å². The number of Topliss-reactive ketones (excluding diaryl/α,β-unsaturated/α-hetero) is 1. The van der Waals surface area contributed by atoms with E-state index in [9.17, 15) is 18.4 Å². The van der Waals surface area contributed by atoms with Crippen LogP contribution in [-0.2, 0) is 20.9 Å². The molecule has 5 nitrogen and oxygen atoms in total. The zero-order chi connectivity index (χ0) is 17.4. The van der Waals surface area contributed by atoms with E-state index in [1.54, 1.807) is 25.9 Å². The smallest absolute Gasteiger partial charge is 0.256 e. The Morgan fingerprint density at radius 3 is 2.57 bits per heavy atom. The first-order valence-electron chi connectivity index (χ1n) is 7.06. The molecule has 0 aliphatic heterocycles. The van der Waals surface area contributed by atoms with E-state index in [4.69, 9.17) is 4.74 Å². The maximum Gasteiger partial charge on any atom is 0.256 e. The summed E-state index contributed by atoms with van der Waals surface area (Å²) < 4.78 is 31.4. The zero-order valence-electron chi connectivity index (χ0n) is 13.4. The second-order valence-electron chi connectivity index (χ2n) is 4.99. The van der Waals surface area contributed by atoms with E-state index in [0.717, 1.165) is 12.1 Å². The van der Waals surface area contributed by atoms with Crippen LogP contribution in [0.1, 0.15) is 12.5 Å². The summed E-state index contributed by atoms with van der Waals surface area (Å²) in [5, 5.41) is 2.45. The molecule has 0 aromatic heterocycles. The Morgan fingerprint density at radius 1 is 1.30 bits per heavy atom. The summed E-state index contributed by atoms with van der Waals surface area (Å²) >= 11 is 0. The second kappa shape index (κ2) is 8.99. The van der Waals surface area contributed by atoms with Crippen LogP contribution in [0, 0.1) is 11.6 Å². The van der Waals surface area contributed by atoms with Crippen molar-refractivity contribution in [1.82, 2.24) is 10.2 Å². The Labute approximate surface area is 133 Å². The van der Waals surface area contributed by atoms with Crippen LogP contribution in [0.5, 0.6) is 0 Å². The molecule has 1 N–H and O–H groups in total. The van der Waals surface area contributed by atoms with Gasteiger partial charge in [0.15, 0.2) is 5.78 Å². The maximum absolute atomic E-state index is 13.5. The van der Waals surface area contributed by atoms with E-state index in [0.29, 0.717) is 6.61 Å². The van der Waals surface area contributed by atoms with Crippen molar-refractivity contribution in [2.45, 2.75) is 13.5 Å². The molecule has 0 unspecified atom stereocenters. The quantitative estimate of drug-likeness (QED) is 0.448. The highest BCUT2D eigenvalue weighted by Gasteiger charge is 2.19. The van der Waals surface area contributed by atoms with E-state index in [-0.39, 0.29) is 24.3 Å². The first-order chi connectivity index (χ1) is 10.8. The number of ketones is 1. The van der Waals surface area contributed by atoms with Crippen molar-refractivity contribution < 1.29 is 23.1 Å². The predicted molar refractivity (Wildman–Crippen MR) is 81.5 cm³/mol. The summed E-state index contributed by atoms with van der Waals surface area (Å²) in [6.45, 7) is 1.72. The highest BCUT2D eigenvalue weighted by molar-refractivity contribution is 6.19. The summed E-state index contributed by atoms with van der Waals surface area (Å²) in [5.41, 5.74) is 0.0344. The number of ether oxygens (including phenoxy) is 1. The van der Waals surface area contributed by atoms with E-state index in [2.05, 4.69) is 5.32 Å². The molecule has 0 bridgehead atoms. The number of nitrogens with one attached hydrogen (secondary N) is 1. The number of carbonyl (C=O) groups excluding carboxylic acids is 2. The van der Waals surface area contributed by atoms with E-state index < -0.39 is 23.3 Å². The van der Waals surface area contributed by atoms with Crippen molar-refractivity contribution >= 4 is 11.7 Å². The Balaban J connectivity index is 2.79. The molecule has 126 valence electrons. The molecule has 23 heavy (non-hydrogen) atoms. The molecule has 0 aliphatic rings. The third-order valence-electron chi connectivity index (χ3n) is 2.82. The highest BCUT2D eigenvalue weighted by atomic mass is 19.1. The molecular weight excluding hydrogens is 306 g/mol. The minimum atomic E-state index is -0.760. The molecular formula is C16H20F2N2O3. The molecule has 0 radical (unpaired) electrons. The monoisotopic (exact) mass is 326 g/mol. The Bertz CT molecular complexity index is 601. The lowest BCUT2D eigenvalue weighted by molar-refractivity contribution is -0.125. The van der Waals surface area contributed by atoms with Gasteiger partial charge in [0, 0.05) is 45.1 Å². The van der Waals surface area contributed by atoms with Crippen LogP contribution < -0.4 is 5.32 Å². The van der Waals surface area contributed by atoms with Gasteiger partial charge in [0.25, 0.3) is 5.91 Å². The van der Waals surface area contributed by atoms with Gasteiger partial charge in [0.1, 0.15) is 23.8 Å². The molecule has 0 atom stereocenters. The topological polar surface area (TPSA) is 58.6 Å². The van der Waals surface area contributed by atoms with E-state index in [1.165, 1.54) is 12.3 Å². The number of carbonyl (C=O) groups is 2. The van der Waals surface area contributed by atoms with Crippen molar-refractivity contribution in [3.8, 4) is 0 Å². The summed E-state index contributed by atoms with van der Waals surface area (Å²) in [6, 6.07) is 3.07. The number of hydrogen-bond acceptors (Lipinski definition) is 4. The number of benzene rings is 1.